The lowest BCUT2D eigenvalue weighted by molar-refractivity contribution is -0.151. The van der Waals surface area contributed by atoms with E-state index in [-0.39, 0.29) is 23.8 Å². The molecule has 6 nitrogen and oxygen atoms in total. The van der Waals surface area contributed by atoms with Crippen LogP contribution in [0.3, 0.4) is 0 Å². The zero-order chi connectivity index (χ0) is 15.8. The van der Waals surface area contributed by atoms with Gasteiger partial charge in [0, 0.05) is 26.9 Å². The number of rotatable bonds is 9. The van der Waals surface area contributed by atoms with Gasteiger partial charge in [0.1, 0.15) is 12.1 Å². The van der Waals surface area contributed by atoms with Gasteiger partial charge in [-0.3, -0.25) is 9.59 Å². The van der Waals surface area contributed by atoms with Gasteiger partial charge in [-0.1, -0.05) is 20.8 Å². The van der Waals surface area contributed by atoms with Gasteiger partial charge in [-0.05, 0) is 18.8 Å². The molecular weight excluding hydrogens is 272 g/mol. The molecular formula is C15H28N2O4. The molecule has 0 saturated carbocycles. The summed E-state index contributed by atoms with van der Waals surface area (Å²) in [5, 5.41) is 2.83. The third-order valence-electron chi connectivity index (χ3n) is 3.69. The molecule has 6 heteroatoms. The predicted molar refractivity (Wildman–Crippen MR) is 79.9 cm³/mol. The first-order chi connectivity index (χ1) is 10.0. The van der Waals surface area contributed by atoms with Gasteiger partial charge in [0.15, 0.2) is 0 Å². The molecule has 1 saturated heterocycles. The zero-order valence-electron chi connectivity index (χ0n) is 13.6. The van der Waals surface area contributed by atoms with Crippen LogP contribution in [-0.4, -0.2) is 62.3 Å². The van der Waals surface area contributed by atoms with Crippen LogP contribution in [0, 0.1) is 5.92 Å². The third kappa shape index (κ3) is 4.97. The van der Waals surface area contributed by atoms with Crippen LogP contribution in [-0.2, 0) is 19.1 Å². The summed E-state index contributed by atoms with van der Waals surface area (Å²) in [7, 11) is 1.66. The van der Waals surface area contributed by atoms with Crippen LogP contribution in [0.1, 0.15) is 33.6 Å². The molecule has 0 aromatic rings. The number of amides is 2. The smallest absolute Gasteiger partial charge is 0.246 e. The fourth-order valence-electron chi connectivity index (χ4n) is 2.48. The number of ether oxygens (including phenoxy) is 2. The maximum Gasteiger partial charge on any atom is 0.246 e. The van der Waals surface area contributed by atoms with Crippen molar-refractivity contribution in [2.75, 3.05) is 33.5 Å². The highest BCUT2D eigenvalue weighted by atomic mass is 16.5. The van der Waals surface area contributed by atoms with Crippen molar-refractivity contribution < 1.29 is 19.1 Å². The van der Waals surface area contributed by atoms with Crippen LogP contribution >= 0.6 is 0 Å². The highest BCUT2D eigenvalue weighted by Gasteiger charge is 2.40. The minimum atomic E-state index is -0.422. The second-order valence-corrected chi connectivity index (χ2v) is 5.64. The standard InChI is InChI=1S/C15H28N2O4/c1-5-12-14(18)16-13(11(2)3)15(19)17(12)7-10-21-9-6-8-20-4/h11-13H,5-10H2,1-4H3,(H,16,18). The molecule has 2 unspecified atom stereocenters. The Labute approximate surface area is 127 Å². The van der Waals surface area contributed by atoms with Crippen molar-refractivity contribution in [3.63, 3.8) is 0 Å². The van der Waals surface area contributed by atoms with E-state index in [0.29, 0.717) is 32.8 Å². The summed E-state index contributed by atoms with van der Waals surface area (Å²) in [6.07, 6.45) is 1.45. The number of nitrogens with one attached hydrogen (secondary N) is 1. The summed E-state index contributed by atoms with van der Waals surface area (Å²) in [4.78, 5) is 26.3. The molecule has 1 aliphatic heterocycles. The Morgan fingerprint density at radius 3 is 2.52 bits per heavy atom. The van der Waals surface area contributed by atoms with Crippen LogP contribution in [0.2, 0.25) is 0 Å². The first-order valence-corrected chi connectivity index (χ1v) is 7.70. The molecule has 0 bridgehead atoms. The van der Waals surface area contributed by atoms with E-state index >= 15 is 0 Å². The van der Waals surface area contributed by atoms with Crippen LogP contribution < -0.4 is 5.32 Å². The molecule has 2 amide bonds. The molecule has 2 atom stereocenters. The molecule has 0 aromatic carbocycles. The maximum atomic E-state index is 12.5. The van der Waals surface area contributed by atoms with Crippen molar-refractivity contribution in [1.82, 2.24) is 10.2 Å². The molecule has 21 heavy (non-hydrogen) atoms. The summed E-state index contributed by atoms with van der Waals surface area (Å²) < 4.78 is 10.5. The highest BCUT2D eigenvalue weighted by molar-refractivity contribution is 5.97. The van der Waals surface area contributed by atoms with Crippen LogP contribution in [0.5, 0.6) is 0 Å². The molecule has 1 rings (SSSR count). The van der Waals surface area contributed by atoms with Crippen LogP contribution in [0.25, 0.3) is 0 Å². The molecule has 0 radical (unpaired) electrons. The molecule has 0 aromatic heterocycles. The van der Waals surface area contributed by atoms with Gasteiger partial charge in [0.25, 0.3) is 0 Å². The van der Waals surface area contributed by atoms with Crippen molar-refractivity contribution in [2.45, 2.75) is 45.7 Å². The Bertz CT molecular complexity index is 347. The first kappa shape index (κ1) is 17.9. The average molecular weight is 300 g/mol. The number of methoxy groups -OCH3 is 1. The second-order valence-electron chi connectivity index (χ2n) is 5.64. The van der Waals surface area contributed by atoms with E-state index in [9.17, 15) is 9.59 Å². The summed E-state index contributed by atoms with van der Waals surface area (Å²) in [6.45, 7) is 7.97. The summed E-state index contributed by atoms with van der Waals surface area (Å²) in [5.41, 5.74) is 0. The topological polar surface area (TPSA) is 67.9 Å². The molecule has 0 aliphatic carbocycles. The van der Waals surface area contributed by atoms with Crippen molar-refractivity contribution in [2.24, 2.45) is 5.92 Å². The van der Waals surface area contributed by atoms with Gasteiger partial charge >= 0.3 is 0 Å². The zero-order valence-corrected chi connectivity index (χ0v) is 13.6. The first-order valence-electron chi connectivity index (χ1n) is 7.70. The number of carbonyl (C=O) groups excluding carboxylic acids is 2. The molecule has 0 spiro atoms. The van der Waals surface area contributed by atoms with Gasteiger partial charge in [-0.2, -0.15) is 0 Å². The van der Waals surface area contributed by atoms with E-state index in [4.69, 9.17) is 9.47 Å². The number of carbonyl (C=O) groups is 2. The number of hydrogen-bond donors (Lipinski definition) is 1. The van der Waals surface area contributed by atoms with Gasteiger partial charge in [-0.15, -0.1) is 0 Å². The third-order valence-corrected chi connectivity index (χ3v) is 3.69. The fraction of sp³-hybridized carbons (Fsp3) is 0.867. The van der Waals surface area contributed by atoms with E-state index in [0.717, 1.165) is 6.42 Å². The molecule has 1 heterocycles. The molecule has 1 aliphatic rings. The minimum absolute atomic E-state index is 0.00283. The van der Waals surface area contributed by atoms with Crippen molar-refractivity contribution >= 4 is 11.8 Å². The van der Waals surface area contributed by atoms with Crippen molar-refractivity contribution in [1.29, 1.82) is 0 Å². The Balaban J connectivity index is 2.53. The maximum absolute atomic E-state index is 12.5. The minimum Gasteiger partial charge on any atom is -0.385 e. The van der Waals surface area contributed by atoms with E-state index < -0.39 is 6.04 Å². The summed E-state index contributed by atoms with van der Waals surface area (Å²) in [5.74, 6) is 0.0245. The van der Waals surface area contributed by atoms with Crippen LogP contribution in [0.4, 0.5) is 0 Å². The fourth-order valence-corrected chi connectivity index (χ4v) is 2.48. The Hall–Kier alpha value is -1.14. The lowest BCUT2D eigenvalue weighted by Crippen LogP contribution is -2.65. The van der Waals surface area contributed by atoms with Gasteiger partial charge in [0.05, 0.1) is 6.61 Å². The largest absolute Gasteiger partial charge is 0.385 e. The lowest BCUT2D eigenvalue weighted by atomic mass is 9.97. The summed E-state index contributed by atoms with van der Waals surface area (Å²) >= 11 is 0. The molecule has 1 N–H and O–H groups in total. The average Bonchev–Trinajstić information content (AvgIpc) is 2.45. The van der Waals surface area contributed by atoms with Gasteiger partial charge in [0.2, 0.25) is 11.8 Å². The Kier molecular flexibility index (Phi) is 7.67. The van der Waals surface area contributed by atoms with E-state index in [1.807, 2.05) is 20.8 Å². The normalized spacial score (nSPS) is 22.8. The SMILES string of the molecule is CCC1C(=O)NC(C(C)C)C(=O)N1CCOCCCOC. The van der Waals surface area contributed by atoms with E-state index in [1.54, 1.807) is 12.0 Å². The second kappa shape index (κ2) is 9.00. The van der Waals surface area contributed by atoms with E-state index in [2.05, 4.69) is 5.32 Å². The number of hydrogen-bond acceptors (Lipinski definition) is 4. The molecule has 122 valence electrons. The van der Waals surface area contributed by atoms with Crippen molar-refractivity contribution in [3.05, 3.63) is 0 Å². The van der Waals surface area contributed by atoms with Crippen molar-refractivity contribution in [3.8, 4) is 0 Å². The lowest BCUT2D eigenvalue weighted by Gasteiger charge is -2.40. The Morgan fingerprint density at radius 1 is 1.24 bits per heavy atom. The Morgan fingerprint density at radius 2 is 1.95 bits per heavy atom. The molecule has 1 fully saturated rings. The summed E-state index contributed by atoms with van der Waals surface area (Å²) in [6, 6.07) is -0.802. The predicted octanol–water partition coefficient (Wildman–Crippen LogP) is 0.801. The van der Waals surface area contributed by atoms with Gasteiger partial charge in [-0.25, -0.2) is 0 Å². The number of nitrogens with zero attached hydrogens (tertiary/aromatic N) is 1. The monoisotopic (exact) mass is 300 g/mol. The van der Waals surface area contributed by atoms with Crippen LogP contribution in [0.15, 0.2) is 0 Å². The van der Waals surface area contributed by atoms with E-state index in [1.165, 1.54) is 0 Å². The number of piperazine rings is 1. The highest BCUT2D eigenvalue weighted by Crippen LogP contribution is 2.17. The quantitative estimate of drug-likeness (QED) is 0.640. The van der Waals surface area contributed by atoms with Gasteiger partial charge < -0.3 is 19.7 Å².